The molecule has 3 heterocycles. The van der Waals surface area contributed by atoms with Crippen molar-refractivity contribution in [3.05, 3.63) is 46.6 Å². The monoisotopic (exact) mass is 490 g/mol. The van der Waals surface area contributed by atoms with Crippen LogP contribution in [0.15, 0.2) is 28.9 Å². The number of carbonyl (C=O) groups is 1. The third-order valence-corrected chi connectivity index (χ3v) is 6.05. The number of fused-ring (bicyclic) bond motifs is 1. The molecule has 10 heteroatoms. The lowest BCUT2D eigenvalue weighted by molar-refractivity contribution is -0.123. The summed E-state index contributed by atoms with van der Waals surface area (Å²) in [5.41, 5.74) is 5.19. The van der Waals surface area contributed by atoms with Gasteiger partial charge in [-0.2, -0.15) is 10.2 Å². The molecule has 0 saturated heterocycles. The number of rotatable bonds is 8. The summed E-state index contributed by atoms with van der Waals surface area (Å²) in [6, 6.07) is 7.49. The number of aliphatic hydroxyl groups excluding tert-OH is 1. The Morgan fingerprint density at radius 3 is 2.89 bits per heavy atom. The van der Waals surface area contributed by atoms with Crippen LogP contribution in [-0.2, 0) is 17.8 Å². The van der Waals surface area contributed by atoms with Crippen molar-refractivity contribution in [2.45, 2.75) is 52.8 Å². The van der Waals surface area contributed by atoms with Crippen LogP contribution in [0.25, 0.3) is 22.8 Å². The number of pyridine rings is 1. The quantitative estimate of drug-likeness (QED) is 0.488. The number of hydrogen-bond acceptors (Lipinski definition) is 9. The van der Waals surface area contributed by atoms with Gasteiger partial charge in [-0.15, -0.1) is 0 Å². The molecule has 1 aromatic carbocycles. The molecule has 0 spiro atoms. The van der Waals surface area contributed by atoms with Crippen molar-refractivity contribution in [2.75, 3.05) is 19.7 Å². The molecule has 0 saturated carbocycles. The number of nitriles is 1. The van der Waals surface area contributed by atoms with Gasteiger partial charge in [-0.05, 0) is 56.9 Å². The van der Waals surface area contributed by atoms with E-state index in [1.54, 1.807) is 19.2 Å². The molecule has 1 unspecified atom stereocenters. The number of ether oxygens (including phenoxy) is 1. The van der Waals surface area contributed by atoms with Gasteiger partial charge < -0.3 is 19.7 Å². The zero-order valence-electron chi connectivity index (χ0n) is 20.9. The number of aromatic nitrogens is 3. The van der Waals surface area contributed by atoms with Crippen LogP contribution < -0.4 is 10.1 Å². The van der Waals surface area contributed by atoms with Gasteiger partial charge >= 0.3 is 0 Å². The fraction of sp³-hybridized carbons (Fsp3) is 0.423. The van der Waals surface area contributed by atoms with Gasteiger partial charge in [0.2, 0.25) is 17.6 Å². The Kier molecular flexibility index (Phi) is 7.62. The molecular formula is C26H30N6O4. The number of aliphatic hydroxyl groups is 1. The van der Waals surface area contributed by atoms with E-state index in [0.717, 1.165) is 29.7 Å². The highest BCUT2D eigenvalue weighted by Crippen LogP contribution is 2.31. The van der Waals surface area contributed by atoms with Crippen molar-refractivity contribution in [1.82, 2.24) is 25.3 Å². The van der Waals surface area contributed by atoms with Crippen LogP contribution in [0.1, 0.15) is 43.0 Å². The van der Waals surface area contributed by atoms with Crippen LogP contribution in [0, 0.1) is 18.3 Å². The highest BCUT2D eigenvalue weighted by atomic mass is 16.5. The summed E-state index contributed by atoms with van der Waals surface area (Å²) in [4.78, 5) is 23.1. The Hall–Kier alpha value is -3.81. The van der Waals surface area contributed by atoms with Gasteiger partial charge in [0, 0.05) is 30.9 Å². The SMILES string of the molecule is Cc1c(-c2noc(-c3cnc(OC(C)C)c(C#N)c3)n2)ccc2c1CCN(CC(=O)NC(C)CO)C2. The van der Waals surface area contributed by atoms with Gasteiger partial charge in [-0.1, -0.05) is 17.3 Å². The van der Waals surface area contributed by atoms with E-state index < -0.39 is 0 Å². The van der Waals surface area contributed by atoms with Gasteiger partial charge in [0.05, 0.1) is 24.8 Å². The second kappa shape index (κ2) is 10.8. The normalized spacial score (nSPS) is 14.2. The van der Waals surface area contributed by atoms with E-state index in [2.05, 4.69) is 31.4 Å². The van der Waals surface area contributed by atoms with E-state index in [1.807, 2.05) is 32.9 Å². The van der Waals surface area contributed by atoms with Crippen molar-refractivity contribution in [2.24, 2.45) is 0 Å². The Morgan fingerprint density at radius 1 is 1.36 bits per heavy atom. The first-order valence-corrected chi connectivity index (χ1v) is 11.9. The first-order valence-electron chi connectivity index (χ1n) is 11.9. The molecule has 0 radical (unpaired) electrons. The van der Waals surface area contributed by atoms with E-state index in [9.17, 15) is 10.1 Å². The molecule has 10 nitrogen and oxygen atoms in total. The maximum Gasteiger partial charge on any atom is 0.259 e. The molecule has 2 aromatic heterocycles. The number of nitrogens with one attached hydrogen (secondary N) is 1. The summed E-state index contributed by atoms with van der Waals surface area (Å²) in [7, 11) is 0. The first-order chi connectivity index (χ1) is 17.3. The topological polar surface area (TPSA) is 137 Å². The summed E-state index contributed by atoms with van der Waals surface area (Å²) in [6.45, 7) is 9.19. The average Bonchev–Trinajstić information content (AvgIpc) is 3.34. The van der Waals surface area contributed by atoms with Gasteiger partial charge in [0.15, 0.2) is 0 Å². The van der Waals surface area contributed by atoms with Crippen molar-refractivity contribution in [3.8, 4) is 34.8 Å². The lowest BCUT2D eigenvalue weighted by Crippen LogP contribution is -2.43. The van der Waals surface area contributed by atoms with Crippen LogP contribution in [0.5, 0.6) is 5.88 Å². The van der Waals surface area contributed by atoms with Gasteiger partial charge in [0.25, 0.3) is 5.89 Å². The number of hydrogen-bond donors (Lipinski definition) is 2. The third kappa shape index (κ3) is 5.53. The highest BCUT2D eigenvalue weighted by Gasteiger charge is 2.23. The minimum Gasteiger partial charge on any atom is -0.474 e. The largest absolute Gasteiger partial charge is 0.474 e. The molecule has 188 valence electrons. The van der Waals surface area contributed by atoms with Crippen molar-refractivity contribution >= 4 is 5.91 Å². The van der Waals surface area contributed by atoms with Crippen LogP contribution >= 0.6 is 0 Å². The highest BCUT2D eigenvalue weighted by molar-refractivity contribution is 5.78. The summed E-state index contributed by atoms with van der Waals surface area (Å²) < 4.78 is 11.1. The van der Waals surface area contributed by atoms with E-state index in [0.29, 0.717) is 30.0 Å². The molecule has 2 N–H and O–H groups in total. The average molecular weight is 491 g/mol. The molecule has 1 atom stereocenters. The molecule has 0 aliphatic carbocycles. The fourth-order valence-corrected chi connectivity index (χ4v) is 4.26. The lowest BCUT2D eigenvalue weighted by Gasteiger charge is -2.30. The van der Waals surface area contributed by atoms with Gasteiger partial charge in [0.1, 0.15) is 11.6 Å². The first kappa shape index (κ1) is 25.3. The molecule has 1 amide bonds. The second-order valence-electron chi connectivity index (χ2n) is 9.27. The van der Waals surface area contributed by atoms with Crippen LogP contribution in [0.4, 0.5) is 0 Å². The van der Waals surface area contributed by atoms with Gasteiger partial charge in [-0.3, -0.25) is 9.69 Å². The Bertz CT molecular complexity index is 1300. The molecule has 36 heavy (non-hydrogen) atoms. The van der Waals surface area contributed by atoms with Crippen LogP contribution in [0.2, 0.25) is 0 Å². The number of amides is 1. The predicted octanol–water partition coefficient (Wildman–Crippen LogP) is 2.62. The van der Waals surface area contributed by atoms with Crippen molar-refractivity contribution < 1.29 is 19.2 Å². The molecule has 3 aromatic rings. The zero-order chi connectivity index (χ0) is 25.8. The Morgan fingerprint density at radius 2 is 2.17 bits per heavy atom. The standard InChI is InChI=1S/C26H30N6O4/c1-15(2)35-25-19(10-27)9-20(11-28-25)26-30-24(31-36-26)22-6-5-18-12-32(8-7-21(18)17(22)4)13-23(34)29-16(3)14-33/h5-6,9,11,15-16,33H,7-8,12-14H2,1-4H3,(H,29,34). The maximum absolute atomic E-state index is 12.2. The van der Waals surface area contributed by atoms with Gasteiger partial charge in [-0.25, -0.2) is 4.98 Å². The number of nitrogens with zero attached hydrogens (tertiary/aromatic N) is 5. The summed E-state index contributed by atoms with van der Waals surface area (Å²) in [6.07, 6.45) is 2.26. The summed E-state index contributed by atoms with van der Waals surface area (Å²) >= 11 is 0. The lowest BCUT2D eigenvalue weighted by atomic mass is 9.91. The van der Waals surface area contributed by atoms with E-state index in [1.165, 1.54) is 5.56 Å². The number of carbonyl (C=O) groups excluding carboxylic acids is 1. The summed E-state index contributed by atoms with van der Waals surface area (Å²) in [5.74, 6) is 0.920. The molecule has 1 aliphatic rings. The van der Waals surface area contributed by atoms with Crippen LogP contribution in [-0.4, -0.2) is 62.9 Å². The van der Waals surface area contributed by atoms with Crippen LogP contribution in [0.3, 0.4) is 0 Å². The minimum absolute atomic E-state index is 0.0812. The smallest absolute Gasteiger partial charge is 0.259 e. The molecule has 4 rings (SSSR count). The summed E-state index contributed by atoms with van der Waals surface area (Å²) in [5, 5.41) is 25.6. The predicted molar refractivity (Wildman–Crippen MR) is 132 cm³/mol. The number of benzene rings is 1. The molecule has 0 bridgehead atoms. The van der Waals surface area contributed by atoms with E-state index in [4.69, 9.17) is 14.4 Å². The minimum atomic E-state index is -0.257. The molecular weight excluding hydrogens is 460 g/mol. The third-order valence-electron chi connectivity index (χ3n) is 6.05. The maximum atomic E-state index is 12.2. The van der Waals surface area contributed by atoms with E-state index in [-0.39, 0.29) is 36.4 Å². The second-order valence-corrected chi connectivity index (χ2v) is 9.27. The fourth-order valence-electron chi connectivity index (χ4n) is 4.26. The van der Waals surface area contributed by atoms with E-state index >= 15 is 0 Å². The molecule has 0 fully saturated rings. The Balaban J connectivity index is 1.52. The molecule has 1 aliphatic heterocycles. The Labute approximate surface area is 209 Å². The van der Waals surface area contributed by atoms with Crippen molar-refractivity contribution in [3.63, 3.8) is 0 Å². The van der Waals surface area contributed by atoms with Crippen molar-refractivity contribution in [1.29, 1.82) is 5.26 Å². The zero-order valence-corrected chi connectivity index (χ0v) is 20.9.